The first-order valence-corrected chi connectivity index (χ1v) is 3.75. The number of carbonyl (C=O) groups is 1. The van der Waals surface area contributed by atoms with Gasteiger partial charge in [-0.2, -0.15) is 13.2 Å². The summed E-state index contributed by atoms with van der Waals surface area (Å²) in [5, 5.41) is 10.1. The highest BCUT2D eigenvalue weighted by atomic mass is 19.4. The Labute approximate surface area is 78.0 Å². The van der Waals surface area contributed by atoms with Crippen molar-refractivity contribution in [3.63, 3.8) is 0 Å². The third-order valence-electron chi connectivity index (χ3n) is 1.60. The molecule has 0 unspecified atom stereocenters. The van der Waals surface area contributed by atoms with E-state index < -0.39 is 24.1 Å². The summed E-state index contributed by atoms with van der Waals surface area (Å²) < 4.78 is 36.4. The highest BCUT2D eigenvalue weighted by molar-refractivity contribution is 5.67. The molecule has 5 heteroatoms. The van der Waals surface area contributed by atoms with E-state index in [0.717, 1.165) is 12.1 Å². The predicted octanol–water partition coefficient (Wildman–Crippen LogP) is 0.998. The summed E-state index contributed by atoms with van der Waals surface area (Å²) in [6, 6.07) is 4.17. The molecule has 0 aromatic heterocycles. The van der Waals surface area contributed by atoms with E-state index >= 15 is 0 Å². The van der Waals surface area contributed by atoms with Crippen LogP contribution in [0.15, 0.2) is 24.3 Å². The largest absolute Gasteiger partial charge is 0.550 e. The number of hydrogen-bond acceptors (Lipinski definition) is 2. The van der Waals surface area contributed by atoms with E-state index in [1.807, 2.05) is 0 Å². The van der Waals surface area contributed by atoms with Crippen LogP contribution in [0.3, 0.4) is 0 Å². The minimum atomic E-state index is -4.44. The molecule has 0 radical (unpaired) electrons. The van der Waals surface area contributed by atoms with Crippen LogP contribution in [0.2, 0.25) is 0 Å². The van der Waals surface area contributed by atoms with Crippen molar-refractivity contribution >= 4 is 5.97 Å². The Morgan fingerprint density at radius 1 is 1.36 bits per heavy atom. The van der Waals surface area contributed by atoms with Gasteiger partial charge in [-0.1, -0.05) is 18.2 Å². The first-order chi connectivity index (χ1) is 6.39. The van der Waals surface area contributed by atoms with Crippen LogP contribution < -0.4 is 5.11 Å². The Bertz CT molecular complexity index is 344. The second kappa shape index (κ2) is 3.69. The fraction of sp³-hybridized carbons (Fsp3) is 0.222. The molecule has 0 bridgehead atoms. The smallest absolute Gasteiger partial charge is 0.416 e. The van der Waals surface area contributed by atoms with Crippen molar-refractivity contribution in [2.75, 3.05) is 0 Å². The molecule has 1 aromatic carbocycles. The molecule has 1 rings (SSSR count). The van der Waals surface area contributed by atoms with Crippen molar-refractivity contribution in [3.05, 3.63) is 35.4 Å². The van der Waals surface area contributed by atoms with E-state index in [9.17, 15) is 23.1 Å². The lowest BCUT2D eigenvalue weighted by Gasteiger charge is -2.08. The van der Waals surface area contributed by atoms with Gasteiger partial charge in [-0.15, -0.1) is 0 Å². The first kappa shape index (κ1) is 10.6. The zero-order valence-electron chi connectivity index (χ0n) is 6.97. The number of benzene rings is 1. The molecule has 2 nitrogen and oxygen atoms in total. The number of alkyl halides is 3. The molecular weight excluding hydrogens is 197 g/mol. The lowest BCUT2D eigenvalue weighted by Crippen LogP contribution is -2.24. The monoisotopic (exact) mass is 203 g/mol. The average Bonchev–Trinajstić information content (AvgIpc) is 2.01. The van der Waals surface area contributed by atoms with E-state index in [0.29, 0.717) is 0 Å². The fourth-order valence-corrected chi connectivity index (χ4v) is 1.02. The van der Waals surface area contributed by atoms with Crippen molar-refractivity contribution in [3.8, 4) is 0 Å². The average molecular weight is 203 g/mol. The third kappa shape index (κ3) is 2.76. The van der Waals surface area contributed by atoms with Crippen molar-refractivity contribution in [2.24, 2.45) is 0 Å². The van der Waals surface area contributed by atoms with Gasteiger partial charge in [0.05, 0.1) is 5.56 Å². The molecule has 76 valence electrons. The summed E-state index contributed by atoms with van der Waals surface area (Å²) in [4.78, 5) is 10.1. The molecule has 14 heavy (non-hydrogen) atoms. The Balaban J connectivity index is 2.95. The Kier molecular flexibility index (Phi) is 2.78. The zero-order valence-corrected chi connectivity index (χ0v) is 6.97. The van der Waals surface area contributed by atoms with Gasteiger partial charge < -0.3 is 9.90 Å². The Morgan fingerprint density at radius 3 is 2.50 bits per heavy atom. The molecule has 0 fully saturated rings. The van der Waals surface area contributed by atoms with Gasteiger partial charge >= 0.3 is 6.18 Å². The quantitative estimate of drug-likeness (QED) is 0.719. The maximum Gasteiger partial charge on any atom is 0.416 e. The van der Waals surface area contributed by atoms with Crippen LogP contribution in [0.1, 0.15) is 11.1 Å². The van der Waals surface area contributed by atoms with E-state index in [1.165, 1.54) is 12.1 Å². The van der Waals surface area contributed by atoms with Crippen LogP contribution in [-0.2, 0) is 17.4 Å². The summed E-state index contributed by atoms with van der Waals surface area (Å²) in [7, 11) is 0. The summed E-state index contributed by atoms with van der Waals surface area (Å²) >= 11 is 0. The minimum absolute atomic E-state index is 0.0832. The molecule has 0 atom stereocenters. The number of hydrogen-bond donors (Lipinski definition) is 0. The lowest BCUT2D eigenvalue weighted by atomic mass is 10.1. The van der Waals surface area contributed by atoms with E-state index in [4.69, 9.17) is 0 Å². The van der Waals surface area contributed by atoms with Crippen LogP contribution in [0.4, 0.5) is 13.2 Å². The fourth-order valence-electron chi connectivity index (χ4n) is 1.02. The van der Waals surface area contributed by atoms with Gasteiger partial charge in [0.15, 0.2) is 0 Å². The predicted molar refractivity (Wildman–Crippen MR) is 40.2 cm³/mol. The summed E-state index contributed by atoms with van der Waals surface area (Å²) in [6.07, 6.45) is -4.95. The molecule has 0 aliphatic carbocycles. The lowest BCUT2D eigenvalue weighted by molar-refractivity contribution is -0.304. The van der Waals surface area contributed by atoms with Gasteiger partial charge in [0.1, 0.15) is 0 Å². The van der Waals surface area contributed by atoms with Gasteiger partial charge in [-0.25, -0.2) is 0 Å². The number of carbonyl (C=O) groups excluding carboxylic acids is 1. The molecule has 0 N–H and O–H groups in total. The summed E-state index contributed by atoms with van der Waals surface area (Å²) in [5.41, 5.74) is -0.768. The molecule has 0 saturated heterocycles. The van der Waals surface area contributed by atoms with Crippen LogP contribution in [-0.4, -0.2) is 5.97 Å². The van der Waals surface area contributed by atoms with E-state index in [1.54, 1.807) is 0 Å². The number of carboxylic acids is 1. The molecule has 0 aliphatic heterocycles. The van der Waals surface area contributed by atoms with Gasteiger partial charge in [-0.3, -0.25) is 0 Å². The standard InChI is InChI=1S/C9H7F3O2/c10-9(11,12)7-3-1-2-6(4-7)5-8(13)14/h1-4H,5H2,(H,13,14)/p-1. The van der Waals surface area contributed by atoms with Crippen molar-refractivity contribution in [2.45, 2.75) is 12.6 Å². The molecule has 1 aromatic rings. The topological polar surface area (TPSA) is 40.1 Å². The highest BCUT2D eigenvalue weighted by Crippen LogP contribution is 2.29. The second-order valence-electron chi connectivity index (χ2n) is 2.75. The minimum Gasteiger partial charge on any atom is -0.550 e. The van der Waals surface area contributed by atoms with Gasteiger partial charge in [0, 0.05) is 12.4 Å². The van der Waals surface area contributed by atoms with Crippen molar-refractivity contribution in [1.29, 1.82) is 0 Å². The van der Waals surface area contributed by atoms with Crippen molar-refractivity contribution < 1.29 is 23.1 Å². The summed E-state index contributed by atoms with van der Waals surface area (Å²) in [5.74, 6) is -1.40. The van der Waals surface area contributed by atoms with Crippen molar-refractivity contribution in [1.82, 2.24) is 0 Å². The molecule has 0 saturated carbocycles. The zero-order chi connectivity index (χ0) is 10.8. The molecular formula is C9H6F3O2-. The number of halogens is 3. The maximum atomic E-state index is 12.1. The number of carboxylic acid groups (broad SMARTS) is 1. The number of rotatable bonds is 2. The van der Waals surface area contributed by atoms with E-state index in [2.05, 4.69) is 0 Å². The molecule has 0 spiro atoms. The van der Waals surface area contributed by atoms with Gasteiger partial charge in [0.2, 0.25) is 0 Å². The van der Waals surface area contributed by atoms with Gasteiger partial charge in [0.25, 0.3) is 0 Å². The van der Waals surface area contributed by atoms with Crippen LogP contribution in [0, 0.1) is 0 Å². The van der Waals surface area contributed by atoms with E-state index in [-0.39, 0.29) is 5.56 Å². The molecule has 0 heterocycles. The maximum absolute atomic E-state index is 12.1. The highest BCUT2D eigenvalue weighted by Gasteiger charge is 2.30. The van der Waals surface area contributed by atoms with Crippen LogP contribution in [0.25, 0.3) is 0 Å². The summed E-state index contributed by atoms with van der Waals surface area (Å²) in [6.45, 7) is 0. The first-order valence-electron chi connectivity index (χ1n) is 3.75. The van der Waals surface area contributed by atoms with Gasteiger partial charge in [-0.05, 0) is 11.6 Å². The van der Waals surface area contributed by atoms with Crippen LogP contribution >= 0.6 is 0 Å². The molecule has 0 amide bonds. The second-order valence-corrected chi connectivity index (χ2v) is 2.75. The Hall–Kier alpha value is -1.52. The Morgan fingerprint density at radius 2 is 2.00 bits per heavy atom. The van der Waals surface area contributed by atoms with Crippen LogP contribution in [0.5, 0.6) is 0 Å². The molecule has 0 aliphatic rings. The number of aliphatic carboxylic acids is 1. The third-order valence-corrected chi connectivity index (χ3v) is 1.60. The normalized spacial score (nSPS) is 11.4. The SMILES string of the molecule is O=C([O-])Cc1cccc(C(F)(F)F)c1.